The number of alkyl halides is 6. The largest absolute Gasteiger partial charge is 0.417 e. The highest BCUT2D eigenvalue weighted by Crippen LogP contribution is 2.34. The smallest absolute Gasteiger partial charge is 0.399 e. The van der Waals surface area contributed by atoms with Gasteiger partial charge in [0.25, 0.3) is 0 Å². The van der Waals surface area contributed by atoms with Crippen LogP contribution in [0.3, 0.4) is 0 Å². The predicted molar refractivity (Wildman–Crippen MR) is 136 cm³/mol. The Bertz CT molecular complexity index is 1520. The van der Waals surface area contributed by atoms with Gasteiger partial charge in [-0.3, -0.25) is 9.13 Å². The summed E-state index contributed by atoms with van der Waals surface area (Å²) >= 11 is 5.76. The number of nitriles is 3. The maximum absolute atomic E-state index is 12.4. The lowest BCUT2D eigenvalue weighted by atomic mass is 10.1. The molecular weight excluding hydrogens is 578 g/mol. The Kier molecular flexibility index (Phi) is 10.8. The summed E-state index contributed by atoms with van der Waals surface area (Å²) in [5, 5.41) is 27.5. The van der Waals surface area contributed by atoms with Crippen molar-refractivity contribution in [3.63, 3.8) is 0 Å². The Hall–Kier alpha value is -4.85. The van der Waals surface area contributed by atoms with Gasteiger partial charge >= 0.3 is 12.4 Å². The number of anilines is 1. The van der Waals surface area contributed by atoms with Crippen LogP contribution in [0.1, 0.15) is 22.3 Å². The maximum atomic E-state index is 12.4. The molecule has 16 heteroatoms. The van der Waals surface area contributed by atoms with E-state index in [1.165, 1.54) is 24.3 Å². The van der Waals surface area contributed by atoms with E-state index in [0.717, 1.165) is 24.3 Å². The van der Waals surface area contributed by atoms with Crippen LogP contribution in [0.15, 0.2) is 78.7 Å². The van der Waals surface area contributed by atoms with E-state index in [1.807, 2.05) is 0 Å². The molecule has 2 N–H and O–H groups in total. The summed E-state index contributed by atoms with van der Waals surface area (Å²) < 4.78 is 77.4. The van der Waals surface area contributed by atoms with E-state index in [-0.39, 0.29) is 10.6 Å². The molecule has 0 spiro atoms. The minimum absolute atomic E-state index is 0.00803. The summed E-state index contributed by atoms with van der Waals surface area (Å²) in [6.07, 6.45) is 1.17. The topological polar surface area (TPSA) is 133 Å². The molecule has 0 fully saturated rings. The standard InChI is InChI=1S/C9H3F3N2S.C8H5F3N2.C7H6N4S/c10-9(11,12)8-3-7(15-5-14)2-1-6(8)4-13;9-8(10,11)7-3-6(13)2-1-5(7)4-12;12-7(10-3-1-8-5-10)11-4-2-9-6-11/h1-3H;1-3H,13H2;1-6H. The number of hydrogen-bond donors (Lipinski definition) is 1. The van der Waals surface area contributed by atoms with E-state index in [4.69, 9.17) is 33.7 Å². The zero-order chi connectivity index (χ0) is 29.9. The Balaban J connectivity index is 0.000000211. The number of imidazole rings is 2. The average Bonchev–Trinajstić information content (AvgIpc) is 3.63. The molecule has 0 atom stereocenters. The van der Waals surface area contributed by atoms with Crippen molar-refractivity contribution < 1.29 is 26.3 Å². The number of aromatic nitrogens is 4. The minimum atomic E-state index is -4.57. The number of rotatable bonds is 1. The fourth-order valence-electron chi connectivity index (χ4n) is 2.74. The highest BCUT2D eigenvalue weighted by Gasteiger charge is 2.34. The number of thiocyanates is 1. The number of nitrogens with zero attached hydrogens (tertiary/aromatic N) is 7. The van der Waals surface area contributed by atoms with Gasteiger partial charge in [0.2, 0.25) is 0 Å². The van der Waals surface area contributed by atoms with Gasteiger partial charge in [-0.15, -0.1) is 0 Å². The van der Waals surface area contributed by atoms with Crippen LogP contribution in [0.4, 0.5) is 32.0 Å². The molecule has 0 aliphatic rings. The van der Waals surface area contributed by atoms with Crippen molar-refractivity contribution in [1.29, 1.82) is 15.8 Å². The van der Waals surface area contributed by atoms with Crippen LogP contribution in [0.25, 0.3) is 0 Å². The van der Waals surface area contributed by atoms with Crippen LogP contribution in [0.5, 0.6) is 0 Å². The van der Waals surface area contributed by atoms with Crippen LogP contribution in [-0.4, -0.2) is 24.2 Å². The van der Waals surface area contributed by atoms with Gasteiger partial charge in [0, 0.05) is 35.4 Å². The molecule has 0 saturated carbocycles. The number of nitrogen functional groups attached to an aromatic ring is 1. The number of halogens is 6. The molecule has 0 aliphatic heterocycles. The number of thiocarbonyl (C=S) groups is 1. The molecule has 2 heterocycles. The molecule has 0 aliphatic carbocycles. The fourth-order valence-corrected chi connectivity index (χ4v) is 3.38. The molecule has 0 radical (unpaired) electrons. The number of nitrogens with two attached hydrogens (primary N) is 1. The lowest BCUT2D eigenvalue weighted by molar-refractivity contribution is -0.138. The van der Waals surface area contributed by atoms with Gasteiger partial charge in [0.15, 0.2) is 5.11 Å². The highest BCUT2D eigenvalue weighted by atomic mass is 32.2. The van der Waals surface area contributed by atoms with Gasteiger partial charge in [-0.25, -0.2) is 9.97 Å². The van der Waals surface area contributed by atoms with Gasteiger partial charge in [-0.05, 0) is 60.4 Å². The summed E-state index contributed by atoms with van der Waals surface area (Å²) in [4.78, 5) is 7.96. The highest BCUT2D eigenvalue weighted by molar-refractivity contribution is 8.03. The number of benzene rings is 2. The number of thioether (sulfide) groups is 1. The van der Waals surface area contributed by atoms with E-state index in [9.17, 15) is 26.3 Å². The predicted octanol–water partition coefficient (Wildman–Crippen LogP) is 6.07. The lowest BCUT2D eigenvalue weighted by Crippen LogP contribution is -2.15. The minimum Gasteiger partial charge on any atom is -0.399 e. The third-order valence-electron chi connectivity index (χ3n) is 4.50. The normalized spacial score (nSPS) is 10.5. The molecule has 0 bridgehead atoms. The van der Waals surface area contributed by atoms with Crippen LogP contribution >= 0.6 is 24.0 Å². The van der Waals surface area contributed by atoms with E-state index < -0.39 is 34.6 Å². The van der Waals surface area contributed by atoms with E-state index in [1.54, 1.807) is 52.0 Å². The summed E-state index contributed by atoms with van der Waals surface area (Å²) in [6, 6.07) is 9.14. The molecule has 8 nitrogen and oxygen atoms in total. The van der Waals surface area contributed by atoms with Crippen molar-refractivity contribution >= 4 is 34.8 Å². The second kappa shape index (κ2) is 13.8. The van der Waals surface area contributed by atoms with Gasteiger partial charge in [-0.1, -0.05) is 0 Å². The molecule has 4 rings (SSSR count). The van der Waals surface area contributed by atoms with E-state index >= 15 is 0 Å². The summed E-state index contributed by atoms with van der Waals surface area (Å²) in [7, 11) is 0. The molecule has 4 aromatic rings. The Morgan fingerprint density at radius 2 is 1.27 bits per heavy atom. The first-order valence-electron chi connectivity index (χ1n) is 10.4. The monoisotopic (exact) mass is 592 g/mol. The number of hydrogen-bond acceptors (Lipinski definition) is 8. The first-order chi connectivity index (χ1) is 18.8. The molecule has 204 valence electrons. The molecule has 2 aromatic carbocycles. The summed E-state index contributed by atoms with van der Waals surface area (Å²) in [5.41, 5.74) is 2.31. The van der Waals surface area contributed by atoms with Crippen LogP contribution < -0.4 is 5.73 Å². The third-order valence-corrected chi connectivity index (χ3v) is 5.50. The van der Waals surface area contributed by atoms with Crippen molar-refractivity contribution in [1.82, 2.24) is 19.1 Å². The second-order valence-corrected chi connectivity index (χ2v) is 8.37. The summed E-state index contributed by atoms with van der Waals surface area (Å²) in [6.45, 7) is 0. The summed E-state index contributed by atoms with van der Waals surface area (Å²) in [5.74, 6) is 0. The van der Waals surface area contributed by atoms with E-state index in [0.29, 0.717) is 16.9 Å². The molecule has 0 saturated heterocycles. The van der Waals surface area contributed by atoms with Crippen molar-refractivity contribution in [2.24, 2.45) is 0 Å². The maximum Gasteiger partial charge on any atom is 0.417 e. The third kappa shape index (κ3) is 8.87. The van der Waals surface area contributed by atoms with Crippen molar-refractivity contribution in [3.05, 3.63) is 96.1 Å². The first-order valence-corrected chi connectivity index (χ1v) is 11.6. The molecule has 2 aromatic heterocycles. The van der Waals surface area contributed by atoms with E-state index in [2.05, 4.69) is 9.97 Å². The Morgan fingerprint density at radius 1 is 0.800 bits per heavy atom. The SMILES string of the molecule is N#CSc1ccc(C#N)c(C(F)(F)F)c1.N#Cc1ccc(N)cc1C(F)(F)F.S=C(n1ccnc1)n1ccnc1. The quantitative estimate of drug-likeness (QED) is 0.0926. The van der Waals surface area contributed by atoms with Crippen molar-refractivity contribution in [3.8, 4) is 17.5 Å². The second-order valence-electron chi connectivity index (χ2n) is 7.15. The van der Waals surface area contributed by atoms with Crippen LogP contribution in [0.2, 0.25) is 0 Å². The molecule has 40 heavy (non-hydrogen) atoms. The molecule has 0 amide bonds. The molecule has 0 unspecified atom stereocenters. The molecular formula is C24H14F6N8S2. The van der Waals surface area contributed by atoms with Gasteiger partial charge < -0.3 is 5.73 Å². The van der Waals surface area contributed by atoms with Crippen LogP contribution in [0, 0.1) is 33.3 Å². The average molecular weight is 593 g/mol. The first kappa shape index (κ1) is 31.4. The van der Waals surface area contributed by atoms with Crippen LogP contribution in [-0.2, 0) is 12.4 Å². The van der Waals surface area contributed by atoms with Crippen molar-refractivity contribution in [2.75, 3.05) is 5.73 Å². The van der Waals surface area contributed by atoms with Crippen molar-refractivity contribution in [2.45, 2.75) is 17.2 Å². The van der Waals surface area contributed by atoms with Gasteiger partial charge in [0.1, 0.15) is 18.1 Å². The Labute approximate surface area is 232 Å². The zero-order valence-electron chi connectivity index (χ0n) is 19.7. The lowest BCUT2D eigenvalue weighted by Gasteiger charge is -2.08. The zero-order valence-corrected chi connectivity index (χ0v) is 21.4. The fraction of sp³-hybridized carbons (Fsp3) is 0.0833. The van der Waals surface area contributed by atoms with Gasteiger partial charge in [-0.2, -0.15) is 42.1 Å². The Morgan fingerprint density at radius 3 is 1.68 bits per heavy atom. The van der Waals surface area contributed by atoms with Gasteiger partial charge in [0.05, 0.1) is 34.4 Å².